The molecular weight excluding hydrogens is 445 g/mol. The van der Waals surface area contributed by atoms with Gasteiger partial charge in [-0.3, -0.25) is 14.3 Å². The highest BCUT2D eigenvalue weighted by Gasteiger charge is 2.17. The van der Waals surface area contributed by atoms with Crippen LogP contribution in [-0.4, -0.2) is 31.4 Å². The number of hydrogen-bond donors (Lipinski definition) is 1. The summed E-state index contributed by atoms with van der Waals surface area (Å²) in [5.74, 6) is 1.27. The molecule has 0 saturated heterocycles. The molecule has 0 aliphatic rings. The molecule has 4 rings (SSSR count). The predicted molar refractivity (Wildman–Crippen MR) is 117 cm³/mol. The van der Waals surface area contributed by atoms with Crippen LogP contribution in [0.5, 0.6) is 0 Å². The van der Waals surface area contributed by atoms with E-state index >= 15 is 0 Å². The van der Waals surface area contributed by atoms with Gasteiger partial charge in [0, 0.05) is 23.0 Å². The largest absolute Gasteiger partial charge is 0.467 e. The minimum atomic E-state index is -0.236. The zero-order valence-electron chi connectivity index (χ0n) is 15.5. The number of thioether (sulfide) groups is 1. The van der Waals surface area contributed by atoms with E-state index in [0.717, 1.165) is 11.3 Å². The van der Waals surface area contributed by atoms with Crippen LogP contribution in [0, 0.1) is 0 Å². The van der Waals surface area contributed by atoms with E-state index in [0.29, 0.717) is 33.3 Å². The van der Waals surface area contributed by atoms with E-state index in [1.165, 1.54) is 11.8 Å². The summed E-state index contributed by atoms with van der Waals surface area (Å²) in [5, 5.41) is 12.8. The Morgan fingerprint density at radius 1 is 1.17 bits per heavy atom. The van der Waals surface area contributed by atoms with Crippen LogP contribution < -0.4 is 5.32 Å². The molecule has 7 nitrogen and oxygen atoms in total. The number of pyridine rings is 1. The van der Waals surface area contributed by atoms with Crippen molar-refractivity contribution in [2.75, 3.05) is 11.1 Å². The molecule has 0 unspecified atom stereocenters. The van der Waals surface area contributed by atoms with Crippen molar-refractivity contribution in [1.29, 1.82) is 0 Å². The first-order valence-electron chi connectivity index (χ1n) is 8.84. The highest BCUT2D eigenvalue weighted by Crippen LogP contribution is 2.27. The van der Waals surface area contributed by atoms with Crippen LogP contribution in [0.1, 0.15) is 5.76 Å². The molecule has 0 fully saturated rings. The number of benzene rings is 1. The second-order valence-corrected chi connectivity index (χ2v) is 7.96. The van der Waals surface area contributed by atoms with Crippen molar-refractivity contribution in [2.45, 2.75) is 11.7 Å². The molecule has 0 bridgehead atoms. The van der Waals surface area contributed by atoms with Gasteiger partial charge >= 0.3 is 0 Å². The van der Waals surface area contributed by atoms with Gasteiger partial charge in [0.2, 0.25) is 5.91 Å². The Balaban J connectivity index is 1.52. The van der Waals surface area contributed by atoms with Crippen LogP contribution in [0.4, 0.5) is 5.69 Å². The third-order valence-electron chi connectivity index (χ3n) is 4.07. The number of nitrogens with zero attached hydrogens (tertiary/aromatic N) is 4. The fourth-order valence-electron chi connectivity index (χ4n) is 2.71. The summed E-state index contributed by atoms with van der Waals surface area (Å²) >= 11 is 13.3. The Morgan fingerprint density at radius 2 is 2.07 bits per heavy atom. The topological polar surface area (TPSA) is 85.8 Å². The summed E-state index contributed by atoms with van der Waals surface area (Å²) < 4.78 is 7.36. The first kappa shape index (κ1) is 20.5. The summed E-state index contributed by atoms with van der Waals surface area (Å²) in [7, 11) is 0. The minimum absolute atomic E-state index is 0.117. The van der Waals surface area contributed by atoms with Gasteiger partial charge in [0.25, 0.3) is 0 Å². The molecule has 10 heteroatoms. The highest BCUT2D eigenvalue weighted by molar-refractivity contribution is 7.99. The van der Waals surface area contributed by atoms with Gasteiger partial charge < -0.3 is 9.73 Å². The minimum Gasteiger partial charge on any atom is -0.467 e. The lowest BCUT2D eigenvalue weighted by Gasteiger charge is -2.10. The van der Waals surface area contributed by atoms with Crippen LogP contribution >= 0.6 is 35.0 Å². The number of carbonyl (C=O) groups excluding carboxylic acids is 1. The maximum Gasteiger partial charge on any atom is 0.234 e. The van der Waals surface area contributed by atoms with Crippen molar-refractivity contribution >= 4 is 46.6 Å². The first-order valence-corrected chi connectivity index (χ1v) is 10.6. The number of furan rings is 1. The number of rotatable bonds is 7. The zero-order valence-corrected chi connectivity index (χ0v) is 17.8. The third kappa shape index (κ3) is 4.84. The Morgan fingerprint density at radius 3 is 2.83 bits per heavy atom. The predicted octanol–water partition coefficient (Wildman–Crippen LogP) is 5.02. The molecule has 30 heavy (non-hydrogen) atoms. The van der Waals surface area contributed by atoms with Crippen LogP contribution in [0.15, 0.2) is 70.7 Å². The van der Waals surface area contributed by atoms with E-state index in [4.69, 9.17) is 27.6 Å². The summed E-state index contributed by atoms with van der Waals surface area (Å²) in [6, 6.07) is 12.3. The van der Waals surface area contributed by atoms with Gasteiger partial charge in [-0.1, -0.05) is 35.0 Å². The normalized spacial score (nSPS) is 10.9. The van der Waals surface area contributed by atoms with E-state index in [-0.39, 0.29) is 11.7 Å². The smallest absolute Gasteiger partial charge is 0.234 e. The van der Waals surface area contributed by atoms with E-state index in [9.17, 15) is 4.79 Å². The van der Waals surface area contributed by atoms with E-state index in [2.05, 4.69) is 20.5 Å². The summed E-state index contributed by atoms with van der Waals surface area (Å²) in [6.45, 7) is 0.425. The quantitative estimate of drug-likeness (QED) is 0.390. The summed E-state index contributed by atoms with van der Waals surface area (Å²) in [5.41, 5.74) is 1.28. The van der Waals surface area contributed by atoms with Gasteiger partial charge in [-0.15, -0.1) is 10.2 Å². The molecule has 0 aliphatic heterocycles. The maximum absolute atomic E-state index is 12.4. The van der Waals surface area contributed by atoms with Crippen molar-refractivity contribution in [1.82, 2.24) is 19.7 Å². The SMILES string of the molecule is O=C(CSc1nnc(-c2cccnc2)n1Cc1ccco1)Nc1cc(Cl)ccc1Cl. The van der Waals surface area contributed by atoms with Crippen LogP contribution in [0.2, 0.25) is 10.0 Å². The second kappa shape index (κ2) is 9.34. The number of carbonyl (C=O) groups is 1. The van der Waals surface area contributed by atoms with Gasteiger partial charge in [-0.2, -0.15) is 0 Å². The lowest BCUT2D eigenvalue weighted by atomic mass is 10.2. The average molecular weight is 460 g/mol. The summed E-state index contributed by atoms with van der Waals surface area (Å²) in [6.07, 6.45) is 5.01. The van der Waals surface area contributed by atoms with Gasteiger partial charge in [0.15, 0.2) is 11.0 Å². The zero-order chi connectivity index (χ0) is 20.9. The molecule has 3 heterocycles. The number of anilines is 1. The van der Waals surface area contributed by atoms with E-state index < -0.39 is 0 Å². The van der Waals surface area contributed by atoms with Crippen molar-refractivity contribution < 1.29 is 9.21 Å². The Hall–Kier alpha value is -2.81. The number of hydrogen-bond acceptors (Lipinski definition) is 6. The van der Waals surface area contributed by atoms with Gasteiger partial charge in [0.05, 0.1) is 29.3 Å². The Kier molecular flexibility index (Phi) is 6.37. The molecule has 1 amide bonds. The van der Waals surface area contributed by atoms with Crippen molar-refractivity contribution in [3.05, 3.63) is 76.9 Å². The van der Waals surface area contributed by atoms with Gasteiger partial charge in [-0.25, -0.2) is 0 Å². The molecule has 0 atom stereocenters. The molecule has 1 aromatic carbocycles. The van der Waals surface area contributed by atoms with Gasteiger partial charge in [0.1, 0.15) is 5.76 Å². The summed E-state index contributed by atoms with van der Waals surface area (Å²) in [4.78, 5) is 16.6. The maximum atomic E-state index is 12.4. The van der Waals surface area contributed by atoms with Crippen LogP contribution in [-0.2, 0) is 11.3 Å². The molecule has 0 radical (unpaired) electrons. The van der Waals surface area contributed by atoms with Crippen LogP contribution in [0.25, 0.3) is 11.4 Å². The fraction of sp³-hybridized carbons (Fsp3) is 0.100. The van der Waals surface area contributed by atoms with Crippen molar-refractivity contribution in [3.8, 4) is 11.4 Å². The lowest BCUT2D eigenvalue weighted by Crippen LogP contribution is -2.15. The van der Waals surface area contributed by atoms with Crippen molar-refractivity contribution in [3.63, 3.8) is 0 Å². The Bertz CT molecular complexity index is 1150. The third-order valence-corrected chi connectivity index (χ3v) is 5.60. The van der Waals surface area contributed by atoms with Crippen LogP contribution in [0.3, 0.4) is 0 Å². The number of amides is 1. The monoisotopic (exact) mass is 459 g/mol. The van der Waals surface area contributed by atoms with E-state index in [1.807, 2.05) is 28.8 Å². The standard InChI is InChI=1S/C20H15Cl2N5O2S/c21-14-5-6-16(22)17(9-14)24-18(28)12-30-20-26-25-19(13-3-1-7-23-10-13)27(20)11-15-4-2-8-29-15/h1-10H,11-12H2,(H,24,28). The number of halogens is 2. The number of nitrogens with one attached hydrogen (secondary N) is 1. The molecular formula is C20H15Cl2N5O2S. The van der Waals surface area contributed by atoms with Gasteiger partial charge in [-0.05, 0) is 42.5 Å². The fourth-order valence-corrected chi connectivity index (χ4v) is 3.79. The second-order valence-electron chi connectivity index (χ2n) is 6.17. The molecule has 3 aromatic heterocycles. The lowest BCUT2D eigenvalue weighted by molar-refractivity contribution is -0.113. The molecule has 0 spiro atoms. The highest BCUT2D eigenvalue weighted by atomic mass is 35.5. The molecule has 152 valence electrons. The first-order chi connectivity index (χ1) is 14.6. The molecule has 0 aliphatic carbocycles. The molecule has 0 saturated carbocycles. The van der Waals surface area contributed by atoms with E-state index in [1.54, 1.807) is 36.9 Å². The Labute approximate surface area is 186 Å². The molecule has 1 N–H and O–H groups in total. The molecule has 4 aromatic rings. The number of aromatic nitrogens is 4. The average Bonchev–Trinajstić information content (AvgIpc) is 3.40. The van der Waals surface area contributed by atoms with Crippen molar-refractivity contribution in [2.24, 2.45) is 0 Å².